The third kappa shape index (κ3) is 3.47. The van der Waals surface area contributed by atoms with E-state index in [9.17, 15) is 4.79 Å². The molecule has 1 aromatic heterocycles. The Hall–Kier alpha value is -3.06. The molecular formula is C17H17N5O2. The van der Waals surface area contributed by atoms with Gasteiger partial charge in [0.2, 0.25) is 0 Å². The van der Waals surface area contributed by atoms with Crippen molar-refractivity contribution in [3.05, 3.63) is 59.7 Å². The zero-order valence-electron chi connectivity index (χ0n) is 13.4. The van der Waals surface area contributed by atoms with Crippen LogP contribution >= 0.6 is 0 Å². The van der Waals surface area contributed by atoms with Crippen molar-refractivity contribution in [3.8, 4) is 11.4 Å². The van der Waals surface area contributed by atoms with Gasteiger partial charge in [0.05, 0.1) is 6.61 Å². The highest BCUT2D eigenvalue weighted by molar-refractivity contribution is 6.04. The lowest BCUT2D eigenvalue weighted by molar-refractivity contribution is 0.102. The number of aryl methyl sites for hydroxylation is 1. The van der Waals surface area contributed by atoms with Crippen molar-refractivity contribution in [1.29, 1.82) is 0 Å². The molecule has 1 heterocycles. The Bertz CT molecular complexity index is 859. The summed E-state index contributed by atoms with van der Waals surface area (Å²) in [4.78, 5) is 12.5. The number of carbonyl (C=O) groups is 1. The molecule has 0 unspecified atom stereocenters. The lowest BCUT2D eigenvalue weighted by Gasteiger charge is -2.08. The predicted octanol–water partition coefficient (Wildman–Crippen LogP) is 2.28. The molecule has 2 aromatic carbocycles. The van der Waals surface area contributed by atoms with Crippen molar-refractivity contribution in [3.63, 3.8) is 0 Å². The number of anilines is 1. The molecule has 122 valence electrons. The summed E-state index contributed by atoms with van der Waals surface area (Å²) in [7, 11) is 3.39. The van der Waals surface area contributed by atoms with Crippen molar-refractivity contribution in [2.75, 3.05) is 12.4 Å². The molecule has 0 fully saturated rings. The maximum Gasteiger partial charge on any atom is 0.255 e. The first-order chi connectivity index (χ1) is 11.7. The molecule has 0 bridgehead atoms. The van der Waals surface area contributed by atoms with Crippen LogP contribution in [0.15, 0.2) is 48.5 Å². The van der Waals surface area contributed by atoms with E-state index >= 15 is 0 Å². The van der Waals surface area contributed by atoms with Crippen LogP contribution in [0.2, 0.25) is 0 Å². The van der Waals surface area contributed by atoms with Gasteiger partial charge in [0, 0.05) is 31.0 Å². The van der Waals surface area contributed by atoms with Gasteiger partial charge in [-0.15, -0.1) is 5.10 Å². The minimum absolute atomic E-state index is 0.193. The fourth-order valence-electron chi connectivity index (χ4n) is 2.38. The summed E-state index contributed by atoms with van der Waals surface area (Å²) in [5, 5.41) is 14.3. The molecule has 1 N–H and O–H groups in total. The van der Waals surface area contributed by atoms with Crippen LogP contribution in [-0.2, 0) is 18.4 Å². The Morgan fingerprint density at radius 3 is 2.79 bits per heavy atom. The Morgan fingerprint density at radius 1 is 1.21 bits per heavy atom. The number of aromatic nitrogens is 4. The molecular weight excluding hydrogens is 306 g/mol. The number of nitrogens with zero attached hydrogens (tertiary/aromatic N) is 4. The molecule has 0 aliphatic heterocycles. The second kappa shape index (κ2) is 7.01. The summed E-state index contributed by atoms with van der Waals surface area (Å²) >= 11 is 0. The maximum atomic E-state index is 12.5. The lowest BCUT2D eigenvalue weighted by Crippen LogP contribution is -2.12. The van der Waals surface area contributed by atoms with Gasteiger partial charge in [-0.3, -0.25) is 4.79 Å². The summed E-state index contributed by atoms with van der Waals surface area (Å²) < 4.78 is 6.67. The molecule has 0 aliphatic carbocycles. The number of hydrogen-bond acceptors (Lipinski definition) is 5. The largest absolute Gasteiger partial charge is 0.380 e. The predicted molar refractivity (Wildman–Crippen MR) is 89.3 cm³/mol. The highest BCUT2D eigenvalue weighted by Crippen LogP contribution is 2.18. The Morgan fingerprint density at radius 2 is 2.04 bits per heavy atom. The zero-order valence-corrected chi connectivity index (χ0v) is 13.4. The number of methoxy groups -OCH3 is 1. The number of rotatable bonds is 5. The van der Waals surface area contributed by atoms with Gasteiger partial charge >= 0.3 is 0 Å². The first-order valence-corrected chi connectivity index (χ1v) is 7.39. The molecule has 0 atom stereocenters. The van der Waals surface area contributed by atoms with Crippen LogP contribution in [0.1, 0.15) is 15.9 Å². The number of nitrogens with one attached hydrogen (secondary N) is 1. The van der Waals surface area contributed by atoms with Crippen LogP contribution in [0.5, 0.6) is 0 Å². The Kier molecular flexibility index (Phi) is 4.62. The van der Waals surface area contributed by atoms with E-state index in [0.29, 0.717) is 18.0 Å². The topological polar surface area (TPSA) is 81.9 Å². The summed E-state index contributed by atoms with van der Waals surface area (Å²) in [5.41, 5.74) is 3.03. The summed E-state index contributed by atoms with van der Waals surface area (Å²) in [6.07, 6.45) is 0. The summed E-state index contributed by atoms with van der Waals surface area (Å²) in [6.45, 7) is 0.498. The molecule has 3 aromatic rings. The third-order valence-electron chi connectivity index (χ3n) is 3.50. The van der Waals surface area contributed by atoms with Gasteiger partial charge in [0.15, 0.2) is 5.82 Å². The van der Waals surface area contributed by atoms with E-state index in [2.05, 4.69) is 20.8 Å². The van der Waals surface area contributed by atoms with Gasteiger partial charge in [-0.1, -0.05) is 24.3 Å². The van der Waals surface area contributed by atoms with E-state index in [0.717, 1.165) is 16.8 Å². The zero-order chi connectivity index (χ0) is 16.9. The number of ether oxygens (including phenoxy) is 1. The fourth-order valence-corrected chi connectivity index (χ4v) is 2.38. The highest BCUT2D eigenvalue weighted by atomic mass is 16.5. The van der Waals surface area contributed by atoms with Gasteiger partial charge in [0.1, 0.15) is 0 Å². The van der Waals surface area contributed by atoms with Crippen LogP contribution in [0.4, 0.5) is 5.69 Å². The van der Waals surface area contributed by atoms with Crippen LogP contribution in [0.25, 0.3) is 11.4 Å². The Balaban J connectivity index is 1.81. The fraction of sp³-hybridized carbons (Fsp3) is 0.176. The van der Waals surface area contributed by atoms with Crippen LogP contribution in [0, 0.1) is 0 Å². The van der Waals surface area contributed by atoms with Gasteiger partial charge in [-0.05, 0) is 40.3 Å². The number of tetrazole rings is 1. The monoisotopic (exact) mass is 323 g/mol. The highest BCUT2D eigenvalue weighted by Gasteiger charge is 2.11. The number of carbonyl (C=O) groups excluding carboxylic acids is 1. The van der Waals surface area contributed by atoms with Crippen LogP contribution < -0.4 is 5.32 Å². The van der Waals surface area contributed by atoms with Gasteiger partial charge in [-0.25, -0.2) is 4.68 Å². The van der Waals surface area contributed by atoms with Crippen molar-refractivity contribution in [2.45, 2.75) is 6.61 Å². The number of amides is 1. The molecule has 0 saturated carbocycles. The maximum absolute atomic E-state index is 12.5. The average Bonchev–Trinajstić information content (AvgIpc) is 3.02. The minimum Gasteiger partial charge on any atom is -0.380 e. The van der Waals surface area contributed by atoms with Crippen molar-refractivity contribution in [1.82, 2.24) is 20.2 Å². The van der Waals surface area contributed by atoms with E-state index < -0.39 is 0 Å². The van der Waals surface area contributed by atoms with E-state index in [4.69, 9.17) is 4.74 Å². The Labute approximate surface area is 139 Å². The van der Waals surface area contributed by atoms with Crippen LogP contribution in [-0.4, -0.2) is 33.2 Å². The minimum atomic E-state index is -0.193. The van der Waals surface area contributed by atoms with Crippen molar-refractivity contribution in [2.24, 2.45) is 7.05 Å². The van der Waals surface area contributed by atoms with E-state index in [1.54, 1.807) is 37.0 Å². The SMILES string of the molecule is COCc1cccc(NC(=O)c2cccc(-c3nnnn3C)c2)c1. The summed E-state index contributed by atoms with van der Waals surface area (Å²) in [6, 6.07) is 14.7. The van der Waals surface area contributed by atoms with Crippen LogP contribution in [0.3, 0.4) is 0 Å². The molecule has 7 nitrogen and oxygen atoms in total. The molecule has 0 aliphatic rings. The van der Waals surface area contributed by atoms with Crippen molar-refractivity contribution < 1.29 is 9.53 Å². The first kappa shape index (κ1) is 15.8. The van der Waals surface area contributed by atoms with Crippen molar-refractivity contribution >= 4 is 11.6 Å². The van der Waals surface area contributed by atoms with Gasteiger partial charge < -0.3 is 10.1 Å². The first-order valence-electron chi connectivity index (χ1n) is 7.39. The van der Waals surface area contributed by atoms with E-state index in [1.807, 2.05) is 30.3 Å². The quantitative estimate of drug-likeness (QED) is 0.779. The van der Waals surface area contributed by atoms with Gasteiger partial charge in [-0.2, -0.15) is 0 Å². The van der Waals surface area contributed by atoms with E-state index in [1.165, 1.54) is 0 Å². The second-order valence-electron chi connectivity index (χ2n) is 5.29. The molecule has 0 saturated heterocycles. The molecule has 3 rings (SSSR count). The average molecular weight is 323 g/mol. The summed E-state index contributed by atoms with van der Waals surface area (Å²) in [5.74, 6) is 0.410. The number of benzene rings is 2. The molecule has 7 heteroatoms. The lowest BCUT2D eigenvalue weighted by atomic mass is 10.1. The smallest absolute Gasteiger partial charge is 0.255 e. The third-order valence-corrected chi connectivity index (χ3v) is 3.50. The number of hydrogen-bond donors (Lipinski definition) is 1. The molecule has 24 heavy (non-hydrogen) atoms. The normalized spacial score (nSPS) is 10.6. The standard InChI is InChI=1S/C17H17N5O2/c1-22-16(19-20-21-22)13-6-4-7-14(10-13)17(23)18-15-8-3-5-12(9-15)11-24-2/h3-10H,11H2,1-2H3,(H,18,23). The molecule has 0 radical (unpaired) electrons. The second-order valence-corrected chi connectivity index (χ2v) is 5.29. The van der Waals surface area contributed by atoms with E-state index in [-0.39, 0.29) is 5.91 Å². The van der Waals surface area contributed by atoms with Gasteiger partial charge in [0.25, 0.3) is 5.91 Å². The molecule has 0 spiro atoms. The molecule has 1 amide bonds.